The van der Waals surface area contributed by atoms with Gasteiger partial charge in [0.1, 0.15) is 17.9 Å². The fraction of sp³-hybridized carbons (Fsp3) is 0.333. The number of ether oxygens (including phenoxy) is 1. The molecule has 0 aliphatic carbocycles. The van der Waals surface area contributed by atoms with Crippen molar-refractivity contribution in [1.29, 1.82) is 0 Å². The molecule has 1 aliphatic heterocycles. The molecule has 4 rings (SSSR count). The lowest BCUT2D eigenvalue weighted by molar-refractivity contribution is 0.0720. The Morgan fingerprint density at radius 2 is 1.88 bits per heavy atom. The highest BCUT2D eigenvalue weighted by Gasteiger charge is 2.42. The fourth-order valence-corrected chi connectivity index (χ4v) is 4.65. The molecular formula is C27H29ClN2O4. The van der Waals surface area contributed by atoms with Gasteiger partial charge in [0.25, 0.3) is 5.91 Å². The van der Waals surface area contributed by atoms with Crippen LogP contribution in [-0.4, -0.2) is 48.5 Å². The second-order valence-electron chi connectivity index (χ2n) is 8.26. The van der Waals surface area contributed by atoms with Crippen LogP contribution < -0.4 is 10.2 Å². The SMILES string of the molecule is C=CCOc1ccc([C@@H]2c3c(oc4ccc(Cl)cc4c3=O)C(=O)N2CCCN(CC)CC)cc1. The molecule has 0 saturated heterocycles. The van der Waals surface area contributed by atoms with E-state index in [4.69, 9.17) is 20.8 Å². The fourth-order valence-electron chi connectivity index (χ4n) is 4.48. The Labute approximate surface area is 204 Å². The summed E-state index contributed by atoms with van der Waals surface area (Å²) < 4.78 is 11.6. The number of amides is 1. The molecule has 0 radical (unpaired) electrons. The summed E-state index contributed by atoms with van der Waals surface area (Å²) in [5, 5.41) is 0.820. The Hall–Kier alpha value is -3.09. The van der Waals surface area contributed by atoms with Gasteiger partial charge in [0, 0.05) is 11.6 Å². The number of halogens is 1. The monoisotopic (exact) mass is 480 g/mol. The molecular weight excluding hydrogens is 452 g/mol. The zero-order valence-corrected chi connectivity index (χ0v) is 20.3. The molecule has 1 amide bonds. The number of rotatable bonds is 10. The van der Waals surface area contributed by atoms with Gasteiger partial charge in [-0.15, -0.1) is 0 Å². The molecule has 7 heteroatoms. The first-order valence-electron chi connectivity index (χ1n) is 11.6. The van der Waals surface area contributed by atoms with Crippen LogP contribution in [0.3, 0.4) is 0 Å². The van der Waals surface area contributed by atoms with Gasteiger partial charge in [-0.3, -0.25) is 9.59 Å². The van der Waals surface area contributed by atoms with Gasteiger partial charge in [0.2, 0.25) is 5.76 Å². The maximum absolute atomic E-state index is 13.6. The number of carbonyl (C=O) groups is 1. The van der Waals surface area contributed by atoms with Crippen LogP contribution in [-0.2, 0) is 0 Å². The molecule has 0 spiro atoms. The highest BCUT2D eigenvalue weighted by Crippen LogP contribution is 2.39. The molecule has 1 atom stereocenters. The smallest absolute Gasteiger partial charge is 0.290 e. The molecule has 2 aromatic carbocycles. The first-order valence-corrected chi connectivity index (χ1v) is 12.0. The maximum atomic E-state index is 13.6. The van der Waals surface area contributed by atoms with Gasteiger partial charge >= 0.3 is 0 Å². The van der Waals surface area contributed by atoms with Crippen LogP contribution in [0.2, 0.25) is 5.02 Å². The van der Waals surface area contributed by atoms with E-state index in [1.807, 2.05) is 24.3 Å². The molecule has 2 heterocycles. The lowest BCUT2D eigenvalue weighted by atomic mass is 9.98. The third kappa shape index (κ3) is 4.61. The summed E-state index contributed by atoms with van der Waals surface area (Å²) in [6, 6.07) is 11.8. The Kier molecular flexibility index (Phi) is 7.39. The number of nitrogens with zero attached hydrogens (tertiary/aromatic N) is 2. The minimum atomic E-state index is -0.535. The molecule has 0 N–H and O–H groups in total. The standard InChI is InChI=1S/C27H29ClN2O4/c1-4-16-33-20-11-8-18(9-12-20)24-23-25(31)21-17-19(28)10-13-22(21)34-26(23)27(32)30(24)15-7-14-29(5-2)6-3/h4,8-13,17,24H,1,5-7,14-16H2,2-3H3/t24-/m1/s1. The maximum Gasteiger partial charge on any atom is 0.290 e. The normalized spacial score (nSPS) is 15.2. The van der Waals surface area contributed by atoms with E-state index in [1.54, 1.807) is 29.2 Å². The minimum Gasteiger partial charge on any atom is -0.490 e. The van der Waals surface area contributed by atoms with Gasteiger partial charge in [-0.2, -0.15) is 0 Å². The summed E-state index contributed by atoms with van der Waals surface area (Å²) in [6.07, 6.45) is 2.47. The van der Waals surface area contributed by atoms with Crippen molar-refractivity contribution in [3.8, 4) is 5.75 Å². The summed E-state index contributed by atoms with van der Waals surface area (Å²) in [5.74, 6) is 0.540. The van der Waals surface area contributed by atoms with Crippen LogP contribution in [0.1, 0.15) is 48.0 Å². The van der Waals surface area contributed by atoms with Crippen molar-refractivity contribution in [2.24, 2.45) is 0 Å². The van der Waals surface area contributed by atoms with E-state index in [0.717, 1.165) is 31.6 Å². The topological polar surface area (TPSA) is 63.0 Å². The Morgan fingerprint density at radius 1 is 1.15 bits per heavy atom. The Morgan fingerprint density at radius 3 is 2.56 bits per heavy atom. The van der Waals surface area contributed by atoms with Crippen molar-refractivity contribution in [2.45, 2.75) is 26.3 Å². The van der Waals surface area contributed by atoms with Crippen LogP contribution in [0.25, 0.3) is 11.0 Å². The summed E-state index contributed by atoms with van der Waals surface area (Å²) in [5.41, 5.74) is 1.32. The van der Waals surface area contributed by atoms with E-state index in [1.165, 1.54) is 0 Å². The zero-order valence-electron chi connectivity index (χ0n) is 19.6. The quantitative estimate of drug-likeness (QED) is 0.369. The predicted molar refractivity (Wildman–Crippen MR) is 135 cm³/mol. The Balaban J connectivity index is 1.76. The summed E-state index contributed by atoms with van der Waals surface area (Å²) in [7, 11) is 0. The largest absolute Gasteiger partial charge is 0.490 e. The van der Waals surface area contributed by atoms with E-state index in [-0.39, 0.29) is 17.1 Å². The van der Waals surface area contributed by atoms with Gasteiger partial charge in [-0.25, -0.2) is 0 Å². The summed E-state index contributed by atoms with van der Waals surface area (Å²) in [4.78, 5) is 31.1. The summed E-state index contributed by atoms with van der Waals surface area (Å²) in [6.45, 7) is 11.6. The van der Waals surface area contributed by atoms with Crippen LogP contribution in [0.4, 0.5) is 0 Å². The molecule has 34 heavy (non-hydrogen) atoms. The van der Waals surface area contributed by atoms with Gasteiger partial charge in [0.05, 0.1) is 17.0 Å². The highest BCUT2D eigenvalue weighted by atomic mass is 35.5. The molecule has 1 aromatic heterocycles. The number of fused-ring (bicyclic) bond motifs is 2. The van der Waals surface area contributed by atoms with E-state index in [0.29, 0.717) is 40.5 Å². The van der Waals surface area contributed by atoms with Gasteiger partial charge in [-0.1, -0.05) is 50.2 Å². The molecule has 6 nitrogen and oxygen atoms in total. The molecule has 178 valence electrons. The van der Waals surface area contributed by atoms with E-state index in [9.17, 15) is 9.59 Å². The Bertz CT molecular complexity index is 1250. The third-order valence-electron chi connectivity index (χ3n) is 6.26. The zero-order chi connectivity index (χ0) is 24.2. The minimum absolute atomic E-state index is 0.111. The molecule has 0 fully saturated rings. The lowest BCUT2D eigenvalue weighted by Crippen LogP contribution is -2.33. The van der Waals surface area contributed by atoms with Gasteiger partial charge in [0.15, 0.2) is 5.43 Å². The first kappa shape index (κ1) is 24.0. The van der Waals surface area contributed by atoms with Crippen molar-refractivity contribution in [1.82, 2.24) is 9.80 Å². The number of hydrogen-bond acceptors (Lipinski definition) is 5. The molecule has 0 saturated carbocycles. The van der Waals surface area contributed by atoms with Gasteiger partial charge < -0.3 is 19.0 Å². The van der Waals surface area contributed by atoms with Crippen LogP contribution in [0.15, 0.2) is 64.3 Å². The third-order valence-corrected chi connectivity index (χ3v) is 6.49. The highest BCUT2D eigenvalue weighted by molar-refractivity contribution is 6.31. The van der Waals surface area contributed by atoms with Crippen molar-refractivity contribution in [3.05, 3.63) is 87.3 Å². The summed E-state index contributed by atoms with van der Waals surface area (Å²) >= 11 is 6.15. The van der Waals surface area contributed by atoms with Crippen LogP contribution in [0.5, 0.6) is 5.75 Å². The predicted octanol–water partition coefficient (Wildman–Crippen LogP) is 5.29. The number of benzene rings is 2. The number of hydrogen-bond donors (Lipinski definition) is 0. The van der Waals surface area contributed by atoms with Crippen LogP contribution >= 0.6 is 11.6 Å². The molecule has 0 bridgehead atoms. The second kappa shape index (κ2) is 10.5. The van der Waals surface area contributed by atoms with Crippen LogP contribution in [0, 0.1) is 0 Å². The average molecular weight is 481 g/mol. The van der Waals surface area contributed by atoms with Crippen molar-refractivity contribution >= 4 is 28.5 Å². The molecule has 1 aliphatic rings. The molecule has 0 unspecified atom stereocenters. The van der Waals surface area contributed by atoms with E-state index in [2.05, 4.69) is 25.3 Å². The van der Waals surface area contributed by atoms with Crippen molar-refractivity contribution in [3.63, 3.8) is 0 Å². The van der Waals surface area contributed by atoms with Gasteiger partial charge in [-0.05, 0) is 62.0 Å². The average Bonchev–Trinajstić information content (AvgIpc) is 3.13. The number of carbonyl (C=O) groups excluding carboxylic acids is 1. The first-order chi connectivity index (χ1) is 16.5. The van der Waals surface area contributed by atoms with Crippen molar-refractivity contribution in [2.75, 3.05) is 32.8 Å². The second-order valence-corrected chi connectivity index (χ2v) is 8.70. The lowest BCUT2D eigenvalue weighted by Gasteiger charge is -2.26. The van der Waals surface area contributed by atoms with Crippen molar-refractivity contribution < 1.29 is 13.9 Å². The van der Waals surface area contributed by atoms with E-state index >= 15 is 0 Å². The molecule has 3 aromatic rings. The van der Waals surface area contributed by atoms with E-state index < -0.39 is 6.04 Å².